The van der Waals surface area contributed by atoms with Gasteiger partial charge in [-0.15, -0.1) is 10.2 Å². The van der Waals surface area contributed by atoms with Crippen molar-refractivity contribution in [1.82, 2.24) is 39.9 Å². The average molecular weight is 880 g/mol. The van der Waals surface area contributed by atoms with E-state index in [-0.39, 0.29) is 49.9 Å². The van der Waals surface area contributed by atoms with Crippen LogP contribution >= 0.6 is 0 Å². The maximum Gasteiger partial charge on any atom is 0.410 e. The molecule has 330 valence electrons. The van der Waals surface area contributed by atoms with Crippen LogP contribution < -0.4 is 14.9 Å². The lowest BCUT2D eigenvalue weighted by molar-refractivity contribution is 0.0291. The standard InChI is InChI=1S/C42H57N9O8S2/c1-41(2,3)58-39(52)43-23-19-30-20-24-49(25-21-30)34-17-18-35(60(54,55)46-33-22-26-50(29-33)40(53)59-42(4,5)6)37(36(34)38-44-47-48-45-38)61(56,57)51(27-31-13-9-7-10-14-31)28-32-15-11-8-12-16-32/h7-18,30,33,46H,19-29H2,1-6H3,(H,43,52)(H,44,45,47,48)/t33-/m1/s1. The van der Waals surface area contributed by atoms with Crippen LogP contribution in [0.2, 0.25) is 0 Å². The number of carbonyl (C=O) groups excluding carboxylic acids is 2. The number of tetrazole rings is 1. The van der Waals surface area contributed by atoms with Gasteiger partial charge in [0.1, 0.15) is 21.0 Å². The molecule has 2 fully saturated rings. The first-order chi connectivity index (χ1) is 28.8. The number of hydrogen-bond acceptors (Lipinski definition) is 12. The van der Waals surface area contributed by atoms with Crippen molar-refractivity contribution in [3.8, 4) is 11.4 Å². The molecule has 0 aliphatic carbocycles. The Kier molecular flexibility index (Phi) is 14.1. The minimum Gasteiger partial charge on any atom is -0.444 e. The summed E-state index contributed by atoms with van der Waals surface area (Å²) >= 11 is 0. The van der Waals surface area contributed by atoms with E-state index in [4.69, 9.17) is 9.47 Å². The smallest absolute Gasteiger partial charge is 0.410 e. The number of likely N-dealkylation sites (tertiary alicyclic amines) is 1. The zero-order valence-corrected chi connectivity index (χ0v) is 37.3. The van der Waals surface area contributed by atoms with Crippen molar-refractivity contribution in [2.45, 2.75) is 107 Å². The molecule has 0 spiro atoms. The van der Waals surface area contributed by atoms with E-state index >= 15 is 8.42 Å². The quantitative estimate of drug-likeness (QED) is 0.140. The Morgan fingerprint density at radius 2 is 1.43 bits per heavy atom. The second-order valence-electron chi connectivity index (χ2n) is 17.4. The molecule has 4 aromatic rings. The molecule has 3 heterocycles. The van der Waals surface area contributed by atoms with E-state index in [9.17, 15) is 18.0 Å². The largest absolute Gasteiger partial charge is 0.444 e. The number of nitrogens with zero attached hydrogens (tertiary/aromatic N) is 6. The Morgan fingerprint density at radius 3 is 1.98 bits per heavy atom. The lowest BCUT2D eigenvalue weighted by atomic mass is 9.93. The summed E-state index contributed by atoms with van der Waals surface area (Å²) in [5, 5.41) is 17.5. The number of nitrogens with one attached hydrogen (secondary N) is 3. The molecule has 6 rings (SSSR count). The topological polar surface area (TPSA) is 209 Å². The third-order valence-corrected chi connectivity index (χ3v) is 13.9. The first kappa shape index (κ1) is 45.4. The van der Waals surface area contributed by atoms with Crippen molar-refractivity contribution < 1.29 is 35.9 Å². The molecule has 3 N–H and O–H groups in total. The van der Waals surface area contributed by atoms with E-state index < -0.39 is 59.3 Å². The molecular formula is C42H57N9O8S2. The molecule has 17 nitrogen and oxygen atoms in total. The van der Waals surface area contributed by atoms with Gasteiger partial charge in [-0.05, 0) is 102 Å². The first-order valence-corrected chi connectivity index (χ1v) is 23.4. The lowest BCUT2D eigenvalue weighted by Gasteiger charge is -2.35. The third-order valence-electron chi connectivity index (χ3n) is 10.3. The molecule has 3 aromatic carbocycles. The fraction of sp³-hybridized carbons (Fsp3) is 0.500. The summed E-state index contributed by atoms with van der Waals surface area (Å²) in [7, 11) is -9.33. The van der Waals surface area contributed by atoms with Crippen LogP contribution in [-0.2, 0) is 42.6 Å². The van der Waals surface area contributed by atoms with Gasteiger partial charge in [0, 0.05) is 57.5 Å². The van der Waals surface area contributed by atoms with Crippen LogP contribution in [0.3, 0.4) is 0 Å². The van der Waals surface area contributed by atoms with E-state index in [1.165, 1.54) is 15.3 Å². The number of alkyl carbamates (subject to hydrolysis) is 1. The van der Waals surface area contributed by atoms with Crippen LogP contribution in [0.5, 0.6) is 0 Å². The van der Waals surface area contributed by atoms with E-state index in [0.717, 1.165) is 12.8 Å². The molecule has 0 saturated carbocycles. The Hall–Kier alpha value is -5.11. The van der Waals surface area contributed by atoms with Gasteiger partial charge in [0.2, 0.25) is 25.9 Å². The van der Waals surface area contributed by atoms with Crippen molar-refractivity contribution in [2.75, 3.05) is 37.6 Å². The van der Waals surface area contributed by atoms with Gasteiger partial charge in [0.15, 0.2) is 0 Å². The number of piperidine rings is 1. The van der Waals surface area contributed by atoms with Crippen molar-refractivity contribution in [3.63, 3.8) is 0 Å². The molecule has 0 bridgehead atoms. The van der Waals surface area contributed by atoms with Gasteiger partial charge in [0.25, 0.3) is 0 Å². The number of sulfonamides is 2. The molecule has 2 amide bonds. The Bertz CT molecular complexity index is 2290. The molecule has 1 aromatic heterocycles. The van der Waals surface area contributed by atoms with Crippen LogP contribution in [-0.4, -0.2) is 109 Å². The fourth-order valence-electron chi connectivity index (χ4n) is 7.48. The molecular weight excluding hydrogens is 823 g/mol. The minimum absolute atomic E-state index is 0.00501. The number of ether oxygens (including phenoxy) is 2. The van der Waals surface area contributed by atoms with Crippen LogP contribution in [0.1, 0.15) is 78.4 Å². The number of anilines is 1. The van der Waals surface area contributed by atoms with Crippen LogP contribution in [0.15, 0.2) is 82.6 Å². The molecule has 2 aliphatic heterocycles. The van der Waals surface area contributed by atoms with Gasteiger partial charge in [-0.2, -0.15) is 9.52 Å². The van der Waals surface area contributed by atoms with Crippen LogP contribution in [0.25, 0.3) is 11.4 Å². The molecule has 0 unspecified atom stereocenters. The number of rotatable bonds is 14. The van der Waals surface area contributed by atoms with Crippen molar-refractivity contribution in [1.29, 1.82) is 0 Å². The van der Waals surface area contributed by atoms with E-state index in [0.29, 0.717) is 42.9 Å². The van der Waals surface area contributed by atoms with Gasteiger partial charge in [-0.25, -0.2) is 31.1 Å². The Morgan fingerprint density at radius 1 is 0.820 bits per heavy atom. The number of hydrogen-bond donors (Lipinski definition) is 3. The van der Waals surface area contributed by atoms with Gasteiger partial charge in [-0.1, -0.05) is 60.7 Å². The number of amides is 2. The fourth-order valence-corrected chi connectivity index (χ4v) is 11.2. The molecule has 61 heavy (non-hydrogen) atoms. The van der Waals surface area contributed by atoms with Gasteiger partial charge >= 0.3 is 12.2 Å². The monoisotopic (exact) mass is 879 g/mol. The highest BCUT2D eigenvalue weighted by molar-refractivity contribution is 7.92. The zero-order chi connectivity index (χ0) is 44.0. The summed E-state index contributed by atoms with van der Waals surface area (Å²) in [6.07, 6.45) is 1.39. The second-order valence-corrected chi connectivity index (χ2v) is 21.0. The van der Waals surface area contributed by atoms with Crippen LogP contribution in [0, 0.1) is 5.92 Å². The van der Waals surface area contributed by atoms with E-state index in [2.05, 4.69) is 30.7 Å². The average Bonchev–Trinajstić information content (AvgIpc) is 3.90. The van der Waals surface area contributed by atoms with Gasteiger partial charge in [0.05, 0.1) is 5.56 Å². The van der Waals surface area contributed by atoms with E-state index in [1.807, 2.05) is 65.6 Å². The maximum absolute atomic E-state index is 15.6. The van der Waals surface area contributed by atoms with Crippen LogP contribution in [0.4, 0.5) is 15.3 Å². The highest BCUT2D eigenvalue weighted by atomic mass is 32.2. The predicted molar refractivity (Wildman–Crippen MR) is 229 cm³/mol. The number of H-pyrrole nitrogens is 1. The Labute approximate surface area is 358 Å². The third kappa shape index (κ3) is 12.0. The number of aromatic nitrogens is 4. The van der Waals surface area contributed by atoms with Crippen molar-refractivity contribution in [2.24, 2.45) is 5.92 Å². The predicted octanol–water partition coefficient (Wildman–Crippen LogP) is 5.68. The Balaban J connectivity index is 1.39. The summed E-state index contributed by atoms with van der Waals surface area (Å²) in [4.78, 5) is 27.6. The highest BCUT2D eigenvalue weighted by Crippen LogP contribution is 2.42. The van der Waals surface area contributed by atoms with E-state index in [1.54, 1.807) is 47.6 Å². The first-order valence-electron chi connectivity index (χ1n) is 20.5. The zero-order valence-electron chi connectivity index (χ0n) is 35.6. The SMILES string of the molecule is CC(C)(C)OC(=O)NCCC1CCN(c2ccc(S(=O)(=O)N[C@@H]3CCN(C(=O)OC(C)(C)C)C3)c(S(=O)(=O)N(Cc3ccccc3)Cc3ccccc3)c2-c2nn[nH]n2)CC1. The number of carbonyl (C=O) groups is 2. The van der Waals surface area contributed by atoms with Gasteiger partial charge < -0.3 is 24.6 Å². The van der Waals surface area contributed by atoms with Crippen molar-refractivity contribution >= 4 is 37.9 Å². The highest BCUT2D eigenvalue weighted by Gasteiger charge is 2.40. The minimum atomic E-state index is -4.72. The lowest BCUT2D eigenvalue weighted by Crippen LogP contribution is -2.41. The number of aromatic amines is 1. The number of benzene rings is 3. The second kappa shape index (κ2) is 18.9. The van der Waals surface area contributed by atoms with Gasteiger partial charge in [-0.3, -0.25) is 0 Å². The normalized spacial score (nSPS) is 16.8. The summed E-state index contributed by atoms with van der Waals surface area (Å²) < 4.78 is 75.5. The molecule has 2 saturated heterocycles. The van der Waals surface area contributed by atoms with Crippen molar-refractivity contribution in [3.05, 3.63) is 83.9 Å². The molecule has 2 aliphatic rings. The summed E-state index contributed by atoms with van der Waals surface area (Å²) in [6, 6.07) is 20.4. The molecule has 1 atom stereocenters. The molecule has 19 heteroatoms. The summed E-state index contributed by atoms with van der Waals surface area (Å²) in [5.74, 6) is 0.163. The summed E-state index contributed by atoms with van der Waals surface area (Å²) in [5.41, 5.74) is 0.458. The molecule has 0 radical (unpaired) electrons. The maximum atomic E-state index is 15.6. The summed E-state index contributed by atoms with van der Waals surface area (Å²) in [6.45, 7) is 12.3.